The highest BCUT2D eigenvalue weighted by Gasteiger charge is 2.39. The summed E-state index contributed by atoms with van der Waals surface area (Å²) in [6.45, 7) is 0.775. The van der Waals surface area contributed by atoms with E-state index in [0.717, 1.165) is 13.0 Å². The Bertz CT molecular complexity index is 489. The van der Waals surface area contributed by atoms with Crippen LogP contribution < -0.4 is 4.90 Å². The normalized spacial score (nSPS) is 25.7. The summed E-state index contributed by atoms with van der Waals surface area (Å²) in [5.74, 6) is 0.701. The van der Waals surface area contributed by atoms with Crippen molar-refractivity contribution >= 4 is 11.4 Å². The second-order valence-electron chi connectivity index (χ2n) is 5.22. The Morgan fingerprint density at radius 3 is 2.83 bits per heavy atom. The molecule has 0 amide bonds. The van der Waals surface area contributed by atoms with Gasteiger partial charge in [0.2, 0.25) is 0 Å². The predicted octanol–water partition coefficient (Wildman–Crippen LogP) is 2.08. The van der Waals surface area contributed by atoms with Gasteiger partial charge in [-0.2, -0.15) is 0 Å². The zero-order valence-corrected chi connectivity index (χ0v) is 10.1. The fourth-order valence-corrected chi connectivity index (χ4v) is 3.28. The second-order valence-corrected chi connectivity index (χ2v) is 5.22. The van der Waals surface area contributed by atoms with Crippen LogP contribution in [0.25, 0.3) is 0 Å². The summed E-state index contributed by atoms with van der Waals surface area (Å²) >= 11 is 0. The van der Waals surface area contributed by atoms with Gasteiger partial charge in [-0.05, 0) is 36.8 Å². The monoisotopic (exact) mass is 248 g/mol. The molecule has 2 aliphatic rings. The minimum absolute atomic E-state index is 0.120. The highest BCUT2D eigenvalue weighted by atomic mass is 16.6. The number of nitro benzene ring substituents is 1. The van der Waals surface area contributed by atoms with Crippen molar-refractivity contribution in [1.29, 1.82) is 0 Å². The third-order valence-electron chi connectivity index (χ3n) is 4.14. The van der Waals surface area contributed by atoms with Crippen molar-refractivity contribution in [2.24, 2.45) is 5.92 Å². The number of aliphatic hydroxyl groups is 1. The molecule has 0 radical (unpaired) electrons. The van der Waals surface area contributed by atoms with Gasteiger partial charge in [-0.1, -0.05) is 6.07 Å². The van der Waals surface area contributed by atoms with E-state index in [4.69, 9.17) is 5.11 Å². The summed E-state index contributed by atoms with van der Waals surface area (Å²) in [7, 11) is 0. The van der Waals surface area contributed by atoms with Gasteiger partial charge in [0.25, 0.3) is 5.69 Å². The smallest absolute Gasteiger partial charge is 0.292 e. The lowest BCUT2D eigenvalue weighted by Crippen LogP contribution is -2.32. The molecule has 1 aromatic rings. The minimum Gasteiger partial charge on any atom is -0.392 e. The van der Waals surface area contributed by atoms with Crippen molar-refractivity contribution in [2.75, 3.05) is 11.4 Å². The Hall–Kier alpha value is -1.62. The van der Waals surface area contributed by atoms with E-state index in [1.54, 1.807) is 12.1 Å². The molecule has 1 aliphatic carbocycles. The summed E-state index contributed by atoms with van der Waals surface area (Å²) in [4.78, 5) is 13.0. The Balaban J connectivity index is 1.98. The third-order valence-corrected chi connectivity index (χ3v) is 4.14. The zero-order chi connectivity index (χ0) is 12.7. The maximum atomic E-state index is 11.2. The number of anilines is 1. The standard InChI is InChI=1S/C13H16N2O3/c16-8-10-2-4-12(13(6-10)15(17)18)14-7-9-1-3-11(14)5-9/h2,4,6,9,11,16H,1,3,5,7-8H2. The first-order valence-corrected chi connectivity index (χ1v) is 6.34. The third kappa shape index (κ3) is 1.75. The average Bonchev–Trinajstić information content (AvgIpc) is 3.00. The van der Waals surface area contributed by atoms with Crippen LogP contribution in [0.3, 0.4) is 0 Å². The molecule has 2 fully saturated rings. The van der Waals surface area contributed by atoms with Crippen LogP contribution in [0.4, 0.5) is 11.4 Å². The summed E-state index contributed by atoms with van der Waals surface area (Å²) in [6, 6.07) is 5.51. The molecule has 5 nitrogen and oxygen atoms in total. The van der Waals surface area contributed by atoms with Crippen LogP contribution >= 0.6 is 0 Å². The molecule has 1 aromatic carbocycles. The molecule has 96 valence electrons. The lowest BCUT2D eigenvalue weighted by Gasteiger charge is -2.28. The van der Waals surface area contributed by atoms with E-state index in [1.807, 2.05) is 0 Å². The SMILES string of the molecule is O=[N+]([O-])c1cc(CO)ccc1N1CC2CCC1C2. The molecule has 1 N–H and O–H groups in total. The van der Waals surface area contributed by atoms with E-state index in [1.165, 1.54) is 18.9 Å². The molecule has 3 rings (SSSR count). The van der Waals surface area contributed by atoms with E-state index < -0.39 is 0 Å². The quantitative estimate of drug-likeness (QED) is 0.657. The molecule has 1 aliphatic heterocycles. The van der Waals surface area contributed by atoms with Gasteiger partial charge in [0, 0.05) is 18.7 Å². The maximum absolute atomic E-state index is 11.2. The van der Waals surface area contributed by atoms with Crippen LogP contribution in [0.15, 0.2) is 18.2 Å². The molecule has 1 saturated heterocycles. The van der Waals surface area contributed by atoms with E-state index >= 15 is 0 Å². The molecule has 1 heterocycles. The zero-order valence-electron chi connectivity index (χ0n) is 10.1. The lowest BCUT2D eigenvalue weighted by atomic mass is 10.1. The second kappa shape index (κ2) is 4.24. The van der Waals surface area contributed by atoms with Gasteiger partial charge in [-0.3, -0.25) is 10.1 Å². The molecule has 2 bridgehead atoms. The predicted molar refractivity (Wildman–Crippen MR) is 67.5 cm³/mol. The maximum Gasteiger partial charge on any atom is 0.292 e. The van der Waals surface area contributed by atoms with Crippen molar-refractivity contribution in [3.63, 3.8) is 0 Å². The fraction of sp³-hybridized carbons (Fsp3) is 0.538. The van der Waals surface area contributed by atoms with Crippen molar-refractivity contribution in [3.05, 3.63) is 33.9 Å². The van der Waals surface area contributed by atoms with Gasteiger partial charge in [-0.25, -0.2) is 0 Å². The summed E-state index contributed by atoms with van der Waals surface area (Å²) in [5.41, 5.74) is 1.42. The van der Waals surface area contributed by atoms with Crippen LogP contribution in [0, 0.1) is 16.0 Å². The highest BCUT2D eigenvalue weighted by Crippen LogP contribution is 2.43. The van der Waals surface area contributed by atoms with Crippen LogP contribution in [0.1, 0.15) is 24.8 Å². The van der Waals surface area contributed by atoms with Crippen molar-refractivity contribution in [2.45, 2.75) is 31.9 Å². The van der Waals surface area contributed by atoms with Crippen LogP contribution in [-0.2, 0) is 6.61 Å². The number of aliphatic hydroxyl groups excluding tert-OH is 1. The molecule has 5 heteroatoms. The van der Waals surface area contributed by atoms with Crippen molar-refractivity contribution < 1.29 is 10.0 Å². The van der Waals surface area contributed by atoms with E-state index in [0.29, 0.717) is 23.2 Å². The minimum atomic E-state index is -0.347. The van der Waals surface area contributed by atoms with Gasteiger partial charge in [0.15, 0.2) is 0 Å². The van der Waals surface area contributed by atoms with Crippen LogP contribution in [0.5, 0.6) is 0 Å². The number of fused-ring (bicyclic) bond motifs is 2. The first-order chi connectivity index (χ1) is 8.69. The lowest BCUT2D eigenvalue weighted by molar-refractivity contribution is -0.384. The number of piperidine rings is 1. The van der Waals surface area contributed by atoms with Gasteiger partial charge in [0.05, 0.1) is 11.5 Å². The van der Waals surface area contributed by atoms with Gasteiger partial charge >= 0.3 is 0 Å². The fourth-order valence-electron chi connectivity index (χ4n) is 3.28. The number of nitrogens with zero attached hydrogens (tertiary/aromatic N) is 2. The Kier molecular flexibility index (Phi) is 2.70. The van der Waals surface area contributed by atoms with Crippen molar-refractivity contribution in [1.82, 2.24) is 0 Å². The molecule has 1 saturated carbocycles. The molecular weight excluding hydrogens is 232 g/mol. The molecule has 0 spiro atoms. The van der Waals surface area contributed by atoms with Crippen LogP contribution in [0.2, 0.25) is 0 Å². The Labute approximate surface area is 105 Å². The Morgan fingerprint density at radius 2 is 2.28 bits per heavy atom. The number of nitro groups is 1. The highest BCUT2D eigenvalue weighted by molar-refractivity contribution is 5.65. The van der Waals surface area contributed by atoms with E-state index in [9.17, 15) is 10.1 Å². The number of benzene rings is 1. The number of hydrogen-bond donors (Lipinski definition) is 1. The summed E-state index contributed by atoms with van der Waals surface area (Å²) in [5, 5.41) is 20.2. The van der Waals surface area contributed by atoms with Gasteiger partial charge in [0.1, 0.15) is 5.69 Å². The van der Waals surface area contributed by atoms with Crippen molar-refractivity contribution in [3.8, 4) is 0 Å². The molecule has 0 aromatic heterocycles. The molecule has 2 unspecified atom stereocenters. The molecule has 18 heavy (non-hydrogen) atoms. The summed E-state index contributed by atoms with van der Waals surface area (Å²) < 4.78 is 0. The summed E-state index contributed by atoms with van der Waals surface area (Å²) in [6.07, 6.45) is 3.56. The first-order valence-electron chi connectivity index (χ1n) is 6.34. The topological polar surface area (TPSA) is 66.6 Å². The van der Waals surface area contributed by atoms with E-state index in [-0.39, 0.29) is 17.2 Å². The Morgan fingerprint density at radius 1 is 1.44 bits per heavy atom. The van der Waals surface area contributed by atoms with Gasteiger partial charge < -0.3 is 10.0 Å². The number of hydrogen-bond acceptors (Lipinski definition) is 4. The number of rotatable bonds is 3. The largest absolute Gasteiger partial charge is 0.392 e. The first kappa shape index (κ1) is 11.5. The average molecular weight is 248 g/mol. The van der Waals surface area contributed by atoms with Crippen LogP contribution in [-0.4, -0.2) is 22.6 Å². The molecule has 2 atom stereocenters. The van der Waals surface area contributed by atoms with Gasteiger partial charge in [-0.15, -0.1) is 0 Å². The van der Waals surface area contributed by atoms with E-state index in [2.05, 4.69) is 4.90 Å². The molecular formula is C13H16N2O3.